The topological polar surface area (TPSA) is 12.9 Å². The Balaban J connectivity index is 2.94. The molecule has 0 spiro atoms. The van der Waals surface area contributed by atoms with Gasteiger partial charge in [-0.1, -0.05) is 23.7 Å². The second-order valence-corrected chi connectivity index (χ2v) is 3.59. The van der Waals surface area contributed by atoms with Gasteiger partial charge in [0.2, 0.25) is 0 Å². The average molecular weight is 192 g/mol. The molecule has 0 bridgehead atoms. The van der Waals surface area contributed by atoms with Crippen LogP contribution in [0, 0.1) is 13.8 Å². The molecule has 1 aromatic carbocycles. The van der Waals surface area contributed by atoms with Crippen molar-refractivity contribution in [3.63, 3.8) is 0 Å². The Morgan fingerprint density at radius 1 is 1.15 bits per heavy atom. The molecule has 1 nitrogen and oxygen atoms in total. The highest BCUT2D eigenvalue weighted by atomic mass is 35.5. The van der Waals surface area contributed by atoms with Crippen LogP contribution in [0.1, 0.15) is 11.4 Å². The highest BCUT2D eigenvalue weighted by molar-refractivity contribution is 6.35. The monoisotopic (exact) mass is 191 g/mol. The first-order chi connectivity index (χ1) is 6.18. The van der Waals surface area contributed by atoms with Crippen LogP contribution < -0.4 is 0 Å². The zero-order valence-corrected chi connectivity index (χ0v) is 8.39. The summed E-state index contributed by atoms with van der Waals surface area (Å²) in [5, 5.41) is 3.03. The van der Waals surface area contributed by atoms with Crippen molar-refractivity contribution in [2.75, 3.05) is 0 Å². The molecule has 0 aliphatic rings. The van der Waals surface area contributed by atoms with E-state index < -0.39 is 0 Å². The van der Waals surface area contributed by atoms with Crippen LogP contribution in [0.4, 0.5) is 0 Å². The van der Waals surface area contributed by atoms with Gasteiger partial charge in [-0.2, -0.15) is 0 Å². The van der Waals surface area contributed by atoms with Gasteiger partial charge in [0.25, 0.3) is 0 Å². The van der Waals surface area contributed by atoms with Crippen LogP contribution in [-0.4, -0.2) is 4.98 Å². The minimum Gasteiger partial charge on any atom is -0.258 e. The number of nitrogens with zero attached hydrogens (tertiary/aromatic N) is 1. The number of fused-ring (bicyclic) bond motifs is 1. The molecule has 0 saturated carbocycles. The maximum atomic E-state index is 6.07. The summed E-state index contributed by atoms with van der Waals surface area (Å²) < 4.78 is 0. The maximum Gasteiger partial charge on any atom is 0.0485 e. The molecule has 2 rings (SSSR count). The first kappa shape index (κ1) is 8.52. The molecule has 66 valence electrons. The van der Waals surface area contributed by atoms with E-state index in [4.69, 9.17) is 11.6 Å². The van der Waals surface area contributed by atoms with Crippen LogP contribution in [0.25, 0.3) is 10.8 Å². The van der Waals surface area contributed by atoms with Crippen LogP contribution in [-0.2, 0) is 0 Å². The van der Waals surface area contributed by atoms with E-state index in [1.54, 1.807) is 0 Å². The summed E-state index contributed by atoms with van der Waals surface area (Å²) in [6.07, 6.45) is 0. The van der Waals surface area contributed by atoms with Crippen molar-refractivity contribution < 1.29 is 0 Å². The number of pyridine rings is 1. The molecular formula is C11H10ClN. The van der Waals surface area contributed by atoms with Crippen LogP contribution in [0.15, 0.2) is 24.3 Å². The number of benzene rings is 1. The first-order valence-corrected chi connectivity index (χ1v) is 4.59. The summed E-state index contributed by atoms with van der Waals surface area (Å²) in [7, 11) is 0. The number of hydrogen-bond acceptors (Lipinski definition) is 1. The maximum absolute atomic E-state index is 6.07. The minimum absolute atomic E-state index is 0.797. The third-order valence-corrected chi connectivity index (χ3v) is 2.47. The van der Waals surface area contributed by atoms with Crippen LogP contribution in [0.3, 0.4) is 0 Å². The molecule has 0 aliphatic carbocycles. The third-order valence-electron chi connectivity index (χ3n) is 2.14. The number of aromatic nitrogens is 1. The van der Waals surface area contributed by atoms with Gasteiger partial charge in [-0.15, -0.1) is 0 Å². The van der Waals surface area contributed by atoms with Gasteiger partial charge in [0, 0.05) is 27.2 Å². The lowest BCUT2D eigenvalue weighted by Gasteiger charge is -2.04. The Morgan fingerprint density at radius 3 is 2.69 bits per heavy atom. The lowest BCUT2D eigenvalue weighted by Crippen LogP contribution is -1.88. The molecule has 2 heteroatoms. The standard InChI is InChI=1S/C11H10ClN/c1-7-6-10-9(8(2)13-7)4-3-5-11(10)12/h3-6H,1-2H3. The lowest BCUT2D eigenvalue weighted by atomic mass is 10.1. The Morgan fingerprint density at radius 2 is 1.92 bits per heavy atom. The molecule has 0 atom stereocenters. The highest BCUT2D eigenvalue weighted by Gasteiger charge is 2.02. The molecule has 0 radical (unpaired) electrons. The van der Waals surface area contributed by atoms with Crippen LogP contribution in [0.5, 0.6) is 0 Å². The van der Waals surface area contributed by atoms with Crippen molar-refractivity contribution in [3.05, 3.63) is 40.7 Å². The van der Waals surface area contributed by atoms with Crippen molar-refractivity contribution in [3.8, 4) is 0 Å². The molecule has 13 heavy (non-hydrogen) atoms. The summed E-state index contributed by atoms with van der Waals surface area (Å²) in [4.78, 5) is 4.38. The van der Waals surface area contributed by atoms with Gasteiger partial charge in [0.05, 0.1) is 0 Å². The predicted molar refractivity (Wildman–Crippen MR) is 56.2 cm³/mol. The van der Waals surface area contributed by atoms with Gasteiger partial charge in [-0.25, -0.2) is 0 Å². The fourth-order valence-corrected chi connectivity index (χ4v) is 1.79. The van der Waals surface area contributed by atoms with Gasteiger partial charge in [-0.3, -0.25) is 4.98 Å². The first-order valence-electron chi connectivity index (χ1n) is 4.21. The quantitative estimate of drug-likeness (QED) is 0.621. The predicted octanol–water partition coefficient (Wildman–Crippen LogP) is 3.51. The largest absolute Gasteiger partial charge is 0.258 e. The zero-order valence-electron chi connectivity index (χ0n) is 7.63. The lowest BCUT2D eigenvalue weighted by molar-refractivity contribution is 1.15. The summed E-state index contributed by atoms with van der Waals surface area (Å²) in [5.41, 5.74) is 2.05. The molecule has 0 saturated heterocycles. The normalized spacial score (nSPS) is 10.7. The Hall–Kier alpha value is -1.08. The molecule has 2 aromatic rings. The van der Waals surface area contributed by atoms with Gasteiger partial charge in [-0.05, 0) is 26.0 Å². The van der Waals surface area contributed by atoms with Crippen LogP contribution in [0.2, 0.25) is 5.02 Å². The van der Waals surface area contributed by atoms with Gasteiger partial charge in [0.15, 0.2) is 0 Å². The molecule has 0 amide bonds. The van der Waals surface area contributed by atoms with E-state index in [1.807, 2.05) is 38.1 Å². The molecule has 0 aliphatic heterocycles. The Kier molecular flexibility index (Phi) is 1.97. The summed E-state index contributed by atoms with van der Waals surface area (Å²) >= 11 is 6.07. The molecular weight excluding hydrogens is 182 g/mol. The van der Waals surface area contributed by atoms with Crippen molar-refractivity contribution in [2.24, 2.45) is 0 Å². The number of rotatable bonds is 0. The van der Waals surface area contributed by atoms with E-state index in [0.29, 0.717) is 0 Å². The number of halogens is 1. The smallest absolute Gasteiger partial charge is 0.0485 e. The van der Waals surface area contributed by atoms with Crippen molar-refractivity contribution >= 4 is 22.4 Å². The third kappa shape index (κ3) is 1.40. The van der Waals surface area contributed by atoms with Crippen molar-refractivity contribution in [1.82, 2.24) is 4.98 Å². The van der Waals surface area contributed by atoms with Gasteiger partial charge < -0.3 is 0 Å². The van der Waals surface area contributed by atoms with Gasteiger partial charge in [0.1, 0.15) is 0 Å². The van der Waals surface area contributed by atoms with Crippen LogP contribution >= 0.6 is 11.6 Å². The van der Waals surface area contributed by atoms with E-state index in [0.717, 1.165) is 27.2 Å². The van der Waals surface area contributed by atoms with Crippen molar-refractivity contribution in [2.45, 2.75) is 13.8 Å². The van der Waals surface area contributed by atoms with Crippen molar-refractivity contribution in [1.29, 1.82) is 0 Å². The van der Waals surface area contributed by atoms with Gasteiger partial charge >= 0.3 is 0 Å². The SMILES string of the molecule is Cc1cc2c(Cl)cccc2c(C)n1. The van der Waals surface area contributed by atoms with E-state index >= 15 is 0 Å². The summed E-state index contributed by atoms with van der Waals surface area (Å²) in [5.74, 6) is 0. The minimum atomic E-state index is 0.797. The number of hydrogen-bond donors (Lipinski definition) is 0. The highest BCUT2D eigenvalue weighted by Crippen LogP contribution is 2.25. The molecule has 1 aromatic heterocycles. The Labute approximate surface area is 82.4 Å². The molecule has 0 N–H and O–H groups in total. The second kappa shape index (κ2) is 3.00. The van der Waals surface area contributed by atoms with E-state index in [9.17, 15) is 0 Å². The summed E-state index contributed by atoms with van der Waals surface area (Å²) in [6.45, 7) is 3.99. The van der Waals surface area contributed by atoms with E-state index in [1.165, 1.54) is 0 Å². The number of aryl methyl sites for hydroxylation is 2. The second-order valence-electron chi connectivity index (χ2n) is 3.18. The Bertz CT molecular complexity index is 463. The molecule has 0 fully saturated rings. The van der Waals surface area contributed by atoms with E-state index in [-0.39, 0.29) is 0 Å². The molecule has 1 heterocycles. The fraction of sp³-hybridized carbons (Fsp3) is 0.182. The summed E-state index contributed by atoms with van der Waals surface area (Å²) in [6, 6.07) is 7.92. The zero-order chi connectivity index (χ0) is 9.42. The average Bonchev–Trinajstić information content (AvgIpc) is 2.07. The fourth-order valence-electron chi connectivity index (χ4n) is 1.57. The molecule has 0 unspecified atom stereocenters. The van der Waals surface area contributed by atoms with E-state index in [2.05, 4.69) is 4.98 Å².